The second-order valence-electron chi connectivity index (χ2n) is 6.47. The summed E-state index contributed by atoms with van der Waals surface area (Å²) in [4.78, 5) is 23.8. The van der Waals surface area contributed by atoms with Crippen molar-refractivity contribution in [1.29, 1.82) is 0 Å². The van der Waals surface area contributed by atoms with Gasteiger partial charge in [-0.2, -0.15) is 4.74 Å². The minimum atomic E-state index is -0.361. The number of nitrogens with one attached hydrogen (secondary N) is 1. The zero-order valence-corrected chi connectivity index (χ0v) is 14.4. The van der Waals surface area contributed by atoms with E-state index in [1.807, 2.05) is 18.2 Å². The Hall–Kier alpha value is -2.01. The third kappa shape index (κ3) is 3.41. The Morgan fingerprint density at radius 2 is 2.04 bits per heavy atom. The number of benzene rings is 1. The summed E-state index contributed by atoms with van der Waals surface area (Å²) < 4.78 is 6.19. The van der Waals surface area contributed by atoms with Crippen LogP contribution in [0.25, 0.3) is 0 Å². The van der Waals surface area contributed by atoms with Crippen LogP contribution in [0.5, 0.6) is 0 Å². The van der Waals surface area contributed by atoms with Crippen LogP contribution in [0.2, 0.25) is 5.02 Å². The topological polar surface area (TPSA) is 64.2 Å². The van der Waals surface area contributed by atoms with E-state index in [0.29, 0.717) is 11.6 Å². The molecule has 0 bridgehead atoms. The molecule has 5 nitrogen and oxygen atoms in total. The van der Waals surface area contributed by atoms with Gasteiger partial charge in [-0.3, -0.25) is 9.59 Å². The summed E-state index contributed by atoms with van der Waals surface area (Å²) in [5.41, 5.74) is 0.709. The standard InChI is InChI=1S/C18H21ClN2O3/c1-21-16(22)11-15(24-21)17(23)20-12-18(8-3-2-4-9-18)13-6-5-7-14(19)10-13/h5-7,10-11H,2-4,8-9,12H2,1H3,(H,20,23). The summed E-state index contributed by atoms with van der Waals surface area (Å²) in [6.45, 7) is 0.505. The number of nitrogens with zero attached hydrogens (tertiary/aromatic N) is 1. The van der Waals surface area contributed by atoms with Crippen LogP contribution in [0.4, 0.5) is 0 Å². The van der Waals surface area contributed by atoms with Gasteiger partial charge >= 0.3 is 0 Å². The van der Waals surface area contributed by atoms with E-state index in [2.05, 4.69) is 11.4 Å². The van der Waals surface area contributed by atoms with Gasteiger partial charge in [0, 0.05) is 24.0 Å². The third-order valence-corrected chi connectivity index (χ3v) is 5.09. The minimum Gasteiger partial charge on any atom is -0.371 e. The zero-order valence-electron chi connectivity index (χ0n) is 13.7. The number of amides is 1. The Kier molecular flexibility index (Phi) is 4.81. The molecule has 6 heteroatoms. The monoisotopic (exact) mass is 348 g/mol. The van der Waals surface area contributed by atoms with Crippen molar-refractivity contribution in [3.05, 3.63) is 57.0 Å². The molecule has 2 aromatic rings. The van der Waals surface area contributed by atoms with Crippen molar-refractivity contribution in [1.82, 2.24) is 10.1 Å². The molecule has 1 heterocycles. The molecule has 1 aromatic heterocycles. The predicted octanol–water partition coefficient (Wildman–Crippen LogP) is 3.26. The lowest BCUT2D eigenvalue weighted by atomic mass is 9.69. The Morgan fingerprint density at radius 3 is 2.67 bits per heavy atom. The van der Waals surface area contributed by atoms with Crippen LogP contribution in [0.1, 0.15) is 48.2 Å². The molecule has 1 amide bonds. The summed E-state index contributed by atoms with van der Waals surface area (Å²) in [7, 11) is 1.48. The van der Waals surface area contributed by atoms with Gasteiger partial charge in [0.1, 0.15) is 0 Å². The van der Waals surface area contributed by atoms with Crippen LogP contribution >= 0.6 is 11.6 Å². The highest BCUT2D eigenvalue weighted by atomic mass is 35.5. The van der Waals surface area contributed by atoms with Crippen LogP contribution in [0.3, 0.4) is 0 Å². The lowest BCUT2D eigenvalue weighted by molar-refractivity contribution is 0.0886. The fraction of sp³-hybridized carbons (Fsp3) is 0.444. The largest absolute Gasteiger partial charge is 0.371 e. The van der Waals surface area contributed by atoms with E-state index in [9.17, 15) is 9.59 Å². The zero-order chi connectivity index (χ0) is 17.2. The number of hydrogen-bond acceptors (Lipinski definition) is 3. The minimum absolute atomic E-state index is 0.0413. The van der Waals surface area contributed by atoms with Gasteiger partial charge in [-0.25, -0.2) is 0 Å². The summed E-state index contributed by atoms with van der Waals surface area (Å²) in [5.74, 6) is -0.320. The van der Waals surface area contributed by atoms with E-state index in [-0.39, 0.29) is 22.6 Å². The van der Waals surface area contributed by atoms with Crippen molar-refractivity contribution < 1.29 is 9.32 Å². The van der Waals surface area contributed by atoms with Crippen LogP contribution in [-0.4, -0.2) is 17.2 Å². The van der Waals surface area contributed by atoms with Crippen molar-refractivity contribution in [2.45, 2.75) is 37.5 Å². The number of rotatable bonds is 4. The summed E-state index contributed by atoms with van der Waals surface area (Å²) in [5, 5.41) is 3.65. The van der Waals surface area contributed by atoms with E-state index < -0.39 is 0 Å². The highest BCUT2D eigenvalue weighted by molar-refractivity contribution is 6.30. The molecule has 1 N–H and O–H groups in total. The highest BCUT2D eigenvalue weighted by Gasteiger charge is 2.34. The normalized spacial score (nSPS) is 16.8. The van der Waals surface area contributed by atoms with E-state index >= 15 is 0 Å². The average Bonchev–Trinajstić information content (AvgIpc) is 2.93. The van der Waals surface area contributed by atoms with Crippen molar-refractivity contribution in [3.8, 4) is 0 Å². The molecular weight excluding hydrogens is 328 g/mol. The lowest BCUT2D eigenvalue weighted by Crippen LogP contribution is -2.42. The molecule has 24 heavy (non-hydrogen) atoms. The van der Waals surface area contributed by atoms with Crippen molar-refractivity contribution in [2.24, 2.45) is 7.05 Å². The molecule has 1 fully saturated rings. The Balaban J connectivity index is 1.80. The molecular formula is C18H21ClN2O3. The maximum Gasteiger partial charge on any atom is 0.289 e. The van der Waals surface area contributed by atoms with Crippen molar-refractivity contribution in [3.63, 3.8) is 0 Å². The van der Waals surface area contributed by atoms with Gasteiger partial charge in [0.2, 0.25) is 5.76 Å². The summed E-state index contributed by atoms with van der Waals surface area (Å²) >= 11 is 6.16. The lowest BCUT2D eigenvalue weighted by Gasteiger charge is -2.38. The summed E-state index contributed by atoms with van der Waals surface area (Å²) in [6, 6.07) is 9.08. The van der Waals surface area contributed by atoms with Gasteiger partial charge < -0.3 is 9.84 Å². The number of carbonyl (C=O) groups excluding carboxylic acids is 1. The molecule has 0 radical (unpaired) electrons. The first-order valence-electron chi connectivity index (χ1n) is 8.22. The fourth-order valence-electron chi connectivity index (χ4n) is 3.48. The van der Waals surface area contributed by atoms with E-state index in [0.717, 1.165) is 36.0 Å². The third-order valence-electron chi connectivity index (χ3n) is 4.86. The SMILES string of the molecule is Cn1oc(C(=O)NCC2(c3cccc(Cl)c3)CCCCC2)cc1=O. The first-order chi connectivity index (χ1) is 11.5. The second-order valence-corrected chi connectivity index (χ2v) is 6.91. The smallest absolute Gasteiger partial charge is 0.289 e. The van der Waals surface area contributed by atoms with Crippen molar-refractivity contribution >= 4 is 17.5 Å². The Morgan fingerprint density at radius 1 is 1.29 bits per heavy atom. The number of aromatic nitrogens is 1. The molecule has 128 valence electrons. The molecule has 1 aliphatic carbocycles. The van der Waals surface area contributed by atoms with Crippen LogP contribution in [0, 0.1) is 0 Å². The number of carbonyl (C=O) groups is 1. The Labute approximate surface area is 145 Å². The van der Waals surface area contributed by atoms with Gasteiger partial charge in [0.05, 0.1) is 6.07 Å². The number of hydrogen-bond donors (Lipinski definition) is 1. The molecule has 0 unspecified atom stereocenters. The molecule has 0 spiro atoms. The van der Waals surface area contributed by atoms with E-state index in [4.69, 9.17) is 16.1 Å². The first-order valence-corrected chi connectivity index (χ1v) is 8.60. The van der Waals surface area contributed by atoms with Gasteiger partial charge in [-0.15, -0.1) is 0 Å². The fourth-order valence-corrected chi connectivity index (χ4v) is 3.67. The van der Waals surface area contributed by atoms with Gasteiger partial charge in [-0.1, -0.05) is 43.0 Å². The van der Waals surface area contributed by atoms with E-state index in [1.54, 1.807) is 0 Å². The molecule has 1 aliphatic rings. The van der Waals surface area contributed by atoms with Gasteiger partial charge in [-0.05, 0) is 30.5 Å². The van der Waals surface area contributed by atoms with Gasteiger partial charge in [0.15, 0.2) is 0 Å². The molecule has 1 saturated carbocycles. The molecule has 3 rings (SSSR count). The molecule has 1 aromatic carbocycles. The quantitative estimate of drug-likeness (QED) is 0.922. The molecule has 0 saturated heterocycles. The maximum atomic E-state index is 12.3. The Bertz CT molecular complexity index is 788. The van der Waals surface area contributed by atoms with Crippen molar-refractivity contribution in [2.75, 3.05) is 6.54 Å². The van der Waals surface area contributed by atoms with Gasteiger partial charge in [0.25, 0.3) is 11.5 Å². The summed E-state index contributed by atoms with van der Waals surface area (Å²) in [6.07, 6.45) is 5.48. The van der Waals surface area contributed by atoms with Crippen LogP contribution in [-0.2, 0) is 12.5 Å². The average molecular weight is 349 g/mol. The maximum absolute atomic E-state index is 12.3. The predicted molar refractivity (Wildman–Crippen MR) is 92.5 cm³/mol. The number of halogens is 1. The van der Waals surface area contributed by atoms with E-state index in [1.165, 1.54) is 19.5 Å². The number of aryl methyl sites for hydroxylation is 1. The van der Waals surface area contributed by atoms with Crippen LogP contribution < -0.4 is 10.9 Å². The second kappa shape index (κ2) is 6.85. The molecule has 0 atom stereocenters. The first kappa shape index (κ1) is 16.8. The molecule has 0 aliphatic heterocycles. The van der Waals surface area contributed by atoms with Crippen LogP contribution in [0.15, 0.2) is 39.6 Å². The highest BCUT2D eigenvalue weighted by Crippen LogP contribution is 2.39.